The Labute approximate surface area is 158 Å². The van der Waals surface area contributed by atoms with Crippen LogP contribution in [0.3, 0.4) is 0 Å². The molecule has 0 aliphatic carbocycles. The molecule has 1 N–H and O–H groups in total. The number of nitrogens with one attached hydrogen (secondary N) is 1. The SMILES string of the molecule is O=C1CCN(C(=O)CC(c2ccccc2)c2ccc3c(c2)OCO3)CCN1. The van der Waals surface area contributed by atoms with E-state index in [2.05, 4.69) is 5.32 Å². The first-order chi connectivity index (χ1) is 13.2. The van der Waals surface area contributed by atoms with Crippen molar-refractivity contribution in [3.8, 4) is 11.5 Å². The van der Waals surface area contributed by atoms with Gasteiger partial charge in [-0.15, -0.1) is 0 Å². The Morgan fingerprint density at radius 2 is 1.85 bits per heavy atom. The fraction of sp³-hybridized carbons (Fsp3) is 0.333. The molecule has 0 radical (unpaired) electrons. The number of nitrogens with zero attached hydrogens (tertiary/aromatic N) is 1. The molecule has 2 amide bonds. The van der Waals surface area contributed by atoms with Gasteiger partial charge in [0, 0.05) is 38.4 Å². The third-order valence-corrected chi connectivity index (χ3v) is 5.05. The molecule has 2 aromatic rings. The summed E-state index contributed by atoms with van der Waals surface area (Å²) in [7, 11) is 0. The van der Waals surface area contributed by atoms with Gasteiger partial charge in [-0.2, -0.15) is 0 Å². The summed E-state index contributed by atoms with van der Waals surface area (Å²) in [5, 5.41) is 2.81. The molecule has 1 saturated heterocycles. The summed E-state index contributed by atoms with van der Waals surface area (Å²) in [5.74, 6) is 1.42. The largest absolute Gasteiger partial charge is 0.454 e. The number of carbonyl (C=O) groups is 2. The summed E-state index contributed by atoms with van der Waals surface area (Å²) in [6.45, 7) is 1.74. The lowest BCUT2D eigenvalue weighted by molar-refractivity contribution is -0.131. The molecule has 0 aromatic heterocycles. The number of carbonyl (C=O) groups excluding carboxylic acids is 2. The fourth-order valence-electron chi connectivity index (χ4n) is 3.56. The Hall–Kier alpha value is -3.02. The van der Waals surface area contributed by atoms with Crippen LogP contribution in [-0.2, 0) is 9.59 Å². The van der Waals surface area contributed by atoms with Crippen molar-refractivity contribution in [1.29, 1.82) is 0 Å². The average molecular weight is 366 g/mol. The van der Waals surface area contributed by atoms with Crippen LogP contribution < -0.4 is 14.8 Å². The zero-order chi connectivity index (χ0) is 18.6. The number of hydrogen-bond acceptors (Lipinski definition) is 4. The van der Waals surface area contributed by atoms with Crippen molar-refractivity contribution < 1.29 is 19.1 Å². The normalized spacial score (nSPS) is 17.2. The second-order valence-corrected chi connectivity index (χ2v) is 6.76. The number of hydrogen-bond donors (Lipinski definition) is 1. The molecule has 2 aromatic carbocycles. The molecule has 27 heavy (non-hydrogen) atoms. The van der Waals surface area contributed by atoms with Gasteiger partial charge in [0.25, 0.3) is 0 Å². The van der Waals surface area contributed by atoms with Gasteiger partial charge in [-0.25, -0.2) is 0 Å². The predicted octanol–water partition coefficient (Wildman–Crippen LogP) is 2.29. The average Bonchev–Trinajstić information content (AvgIpc) is 3.06. The lowest BCUT2D eigenvalue weighted by Gasteiger charge is -2.24. The van der Waals surface area contributed by atoms with Gasteiger partial charge in [0.05, 0.1) is 0 Å². The van der Waals surface area contributed by atoms with Gasteiger partial charge < -0.3 is 19.7 Å². The number of ether oxygens (including phenoxy) is 2. The lowest BCUT2D eigenvalue weighted by atomic mass is 9.88. The third-order valence-electron chi connectivity index (χ3n) is 5.05. The van der Waals surface area contributed by atoms with Crippen LogP contribution in [0.2, 0.25) is 0 Å². The van der Waals surface area contributed by atoms with E-state index in [-0.39, 0.29) is 24.5 Å². The van der Waals surface area contributed by atoms with E-state index in [1.807, 2.05) is 48.5 Å². The van der Waals surface area contributed by atoms with Crippen molar-refractivity contribution in [2.45, 2.75) is 18.8 Å². The first-order valence-corrected chi connectivity index (χ1v) is 9.19. The Balaban J connectivity index is 1.59. The molecule has 2 aliphatic rings. The highest BCUT2D eigenvalue weighted by molar-refractivity contribution is 5.81. The molecule has 0 bridgehead atoms. The van der Waals surface area contributed by atoms with Gasteiger partial charge in [0.15, 0.2) is 11.5 Å². The quantitative estimate of drug-likeness (QED) is 0.902. The van der Waals surface area contributed by atoms with Crippen molar-refractivity contribution in [2.24, 2.45) is 0 Å². The summed E-state index contributed by atoms with van der Waals surface area (Å²) in [5.41, 5.74) is 2.09. The topological polar surface area (TPSA) is 67.9 Å². The molecule has 140 valence electrons. The standard InChI is InChI=1S/C21H22N2O4/c24-20-8-10-23(11-9-22-20)21(25)13-17(15-4-2-1-3-5-15)16-6-7-18-19(12-16)27-14-26-18/h1-7,12,17H,8-11,13-14H2,(H,22,24). The predicted molar refractivity (Wildman–Crippen MR) is 99.7 cm³/mol. The van der Waals surface area contributed by atoms with Crippen molar-refractivity contribution in [2.75, 3.05) is 26.4 Å². The molecule has 1 atom stereocenters. The number of benzene rings is 2. The minimum atomic E-state index is -0.0832. The van der Waals surface area contributed by atoms with Crippen LogP contribution >= 0.6 is 0 Å². The van der Waals surface area contributed by atoms with E-state index in [1.54, 1.807) is 4.90 Å². The van der Waals surface area contributed by atoms with E-state index < -0.39 is 0 Å². The van der Waals surface area contributed by atoms with Crippen molar-refractivity contribution in [3.63, 3.8) is 0 Å². The van der Waals surface area contributed by atoms with E-state index in [9.17, 15) is 9.59 Å². The zero-order valence-corrected chi connectivity index (χ0v) is 15.0. The highest BCUT2D eigenvalue weighted by Gasteiger charge is 2.25. The maximum Gasteiger partial charge on any atom is 0.231 e. The van der Waals surface area contributed by atoms with Gasteiger partial charge in [-0.3, -0.25) is 9.59 Å². The van der Waals surface area contributed by atoms with E-state index in [1.165, 1.54) is 0 Å². The van der Waals surface area contributed by atoms with Gasteiger partial charge in [-0.1, -0.05) is 36.4 Å². The lowest BCUT2D eigenvalue weighted by Crippen LogP contribution is -2.35. The van der Waals surface area contributed by atoms with Gasteiger partial charge in [-0.05, 0) is 23.3 Å². The van der Waals surface area contributed by atoms with Crippen molar-refractivity contribution >= 4 is 11.8 Å². The molecule has 1 unspecified atom stereocenters. The molecule has 2 aliphatic heterocycles. The van der Waals surface area contributed by atoms with E-state index in [4.69, 9.17) is 9.47 Å². The molecule has 2 heterocycles. The minimum absolute atomic E-state index is 0.000630. The van der Waals surface area contributed by atoms with Crippen molar-refractivity contribution in [1.82, 2.24) is 10.2 Å². The monoisotopic (exact) mass is 366 g/mol. The van der Waals surface area contributed by atoms with E-state index >= 15 is 0 Å². The van der Waals surface area contributed by atoms with Crippen LogP contribution in [0.15, 0.2) is 48.5 Å². The molecule has 0 spiro atoms. The molecule has 6 nitrogen and oxygen atoms in total. The molecule has 6 heteroatoms. The van der Waals surface area contributed by atoms with Gasteiger partial charge in [0.1, 0.15) is 0 Å². The second kappa shape index (κ2) is 7.70. The number of amides is 2. The first kappa shape index (κ1) is 17.4. The van der Waals surface area contributed by atoms with Crippen LogP contribution in [0.5, 0.6) is 11.5 Å². The first-order valence-electron chi connectivity index (χ1n) is 9.19. The third kappa shape index (κ3) is 3.89. The Kier molecular flexibility index (Phi) is 4.96. The Morgan fingerprint density at radius 3 is 2.70 bits per heavy atom. The molecule has 1 fully saturated rings. The number of fused-ring (bicyclic) bond motifs is 1. The molecule has 0 saturated carbocycles. The second-order valence-electron chi connectivity index (χ2n) is 6.76. The summed E-state index contributed by atoms with van der Waals surface area (Å²) >= 11 is 0. The minimum Gasteiger partial charge on any atom is -0.454 e. The summed E-state index contributed by atoms with van der Waals surface area (Å²) in [4.78, 5) is 26.3. The van der Waals surface area contributed by atoms with E-state index in [0.717, 1.165) is 16.9 Å². The number of rotatable bonds is 4. The van der Waals surface area contributed by atoms with Crippen LogP contribution in [-0.4, -0.2) is 43.1 Å². The maximum absolute atomic E-state index is 13.0. The van der Waals surface area contributed by atoms with Gasteiger partial charge >= 0.3 is 0 Å². The molecular weight excluding hydrogens is 344 g/mol. The maximum atomic E-state index is 13.0. The summed E-state index contributed by atoms with van der Waals surface area (Å²) in [6.07, 6.45) is 0.698. The highest BCUT2D eigenvalue weighted by Crippen LogP contribution is 2.37. The summed E-state index contributed by atoms with van der Waals surface area (Å²) < 4.78 is 10.9. The zero-order valence-electron chi connectivity index (χ0n) is 15.0. The van der Waals surface area contributed by atoms with Crippen LogP contribution in [0.25, 0.3) is 0 Å². The van der Waals surface area contributed by atoms with Crippen LogP contribution in [0.1, 0.15) is 29.9 Å². The smallest absolute Gasteiger partial charge is 0.231 e. The van der Waals surface area contributed by atoms with Gasteiger partial charge in [0.2, 0.25) is 18.6 Å². The highest BCUT2D eigenvalue weighted by atomic mass is 16.7. The van der Waals surface area contributed by atoms with Crippen LogP contribution in [0, 0.1) is 0 Å². The summed E-state index contributed by atoms with van der Waals surface area (Å²) in [6, 6.07) is 15.8. The molecule has 4 rings (SSSR count). The van der Waals surface area contributed by atoms with Crippen molar-refractivity contribution in [3.05, 3.63) is 59.7 Å². The fourth-order valence-corrected chi connectivity index (χ4v) is 3.56. The van der Waals surface area contributed by atoms with Crippen LogP contribution in [0.4, 0.5) is 0 Å². The Morgan fingerprint density at radius 1 is 1.04 bits per heavy atom. The van der Waals surface area contributed by atoms with E-state index in [0.29, 0.717) is 38.2 Å². The Bertz CT molecular complexity index is 837. The molecular formula is C21H22N2O4.